The summed E-state index contributed by atoms with van der Waals surface area (Å²) < 4.78 is 2.29. The number of hydrogen-bond donors (Lipinski definition) is 0. The van der Waals surface area contributed by atoms with E-state index in [2.05, 4.69) is 35.8 Å². The predicted octanol–water partition coefficient (Wildman–Crippen LogP) is 5.77. The largest absolute Gasteiger partial charge is 0.341 e. The zero-order chi connectivity index (χ0) is 16.5. The normalized spacial score (nSPS) is 11.7. The summed E-state index contributed by atoms with van der Waals surface area (Å²) in [6, 6.07) is 18.4. The highest BCUT2D eigenvalue weighted by molar-refractivity contribution is 7.10. The van der Waals surface area contributed by atoms with Crippen LogP contribution in [0.1, 0.15) is 22.2 Å². The van der Waals surface area contributed by atoms with E-state index in [4.69, 9.17) is 0 Å². The van der Waals surface area contributed by atoms with Crippen LogP contribution in [0.2, 0.25) is 0 Å². The van der Waals surface area contributed by atoms with Gasteiger partial charge >= 0.3 is 0 Å². The first-order valence-corrected chi connectivity index (χ1v) is 8.93. The van der Waals surface area contributed by atoms with Crippen molar-refractivity contribution in [3.8, 4) is 0 Å². The van der Waals surface area contributed by atoms with E-state index in [1.54, 1.807) is 17.4 Å². The zero-order valence-electron chi connectivity index (χ0n) is 13.4. The predicted molar refractivity (Wildman–Crippen MR) is 103 cm³/mol. The van der Waals surface area contributed by atoms with Crippen molar-refractivity contribution in [2.45, 2.75) is 13.5 Å². The number of nitrogens with zero attached hydrogens (tertiary/aromatic N) is 1. The van der Waals surface area contributed by atoms with Crippen LogP contribution in [0.4, 0.5) is 0 Å². The van der Waals surface area contributed by atoms with Crippen molar-refractivity contribution < 1.29 is 4.79 Å². The monoisotopic (exact) mass is 331 g/mol. The summed E-state index contributed by atoms with van der Waals surface area (Å²) in [5.74, 6) is 0.0404. The van der Waals surface area contributed by atoms with Gasteiger partial charge in [-0.05, 0) is 54.8 Å². The van der Waals surface area contributed by atoms with Crippen LogP contribution in [0.25, 0.3) is 27.9 Å². The summed E-state index contributed by atoms with van der Waals surface area (Å²) in [6.07, 6.45) is 3.54. The molecule has 0 saturated heterocycles. The maximum Gasteiger partial charge on any atom is 0.185 e. The van der Waals surface area contributed by atoms with E-state index in [0.29, 0.717) is 0 Å². The average molecular weight is 331 g/mol. The molecule has 4 rings (SSSR count). The minimum Gasteiger partial charge on any atom is -0.341 e. The molecule has 2 aromatic heterocycles. The minimum atomic E-state index is 0.0404. The molecule has 0 amide bonds. The number of rotatable bonds is 4. The van der Waals surface area contributed by atoms with E-state index in [9.17, 15) is 4.79 Å². The number of fused-ring (bicyclic) bond motifs is 3. The Morgan fingerprint density at radius 2 is 1.88 bits per heavy atom. The number of thiophene rings is 1. The van der Waals surface area contributed by atoms with Crippen molar-refractivity contribution >= 4 is 45.0 Å². The van der Waals surface area contributed by atoms with E-state index < -0.39 is 0 Å². The molecule has 0 bridgehead atoms. The van der Waals surface area contributed by atoms with Gasteiger partial charge in [-0.3, -0.25) is 4.79 Å². The fraction of sp³-hybridized carbons (Fsp3) is 0.0952. The van der Waals surface area contributed by atoms with Gasteiger partial charge in [-0.1, -0.05) is 24.3 Å². The molecular weight excluding hydrogens is 314 g/mol. The molecule has 0 fully saturated rings. The van der Waals surface area contributed by atoms with Crippen LogP contribution in [-0.4, -0.2) is 10.4 Å². The van der Waals surface area contributed by atoms with Crippen LogP contribution in [0.3, 0.4) is 0 Å². The second kappa shape index (κ2) is 6.10. The van der Waals surface area contributed by atoms with Crippen LogP contribution in [-0.2, 0) is 6.54 Å². The van der Waals surface area contributed by atoms with Crippen molar-refractivity contribution in [1.82, 2.24) is 4.57 Å². The second-order valence-electron chi connectivity index (χ2n) is 5.71. The van der Waals surface area contributed by atoms with Gasteiger partial charge < -0.3 is 4.57 Å². The van der Waals surface area contributed by atoms with Gasteiger partial charge in [-0.25, -0.2) is 0 Å². The standard InChI is InChI=1S/C21H17NOS/c1-2-22-19-8-4-3-7-17(19)18-14-15(9-11-20(18)22)21(23)12-10-16-6-5-13-24-16/h3-14H,2H2,1H3. The van der Waals surface area contributed by atoms with Gasteiger partial charge in [0.1, 0.15) is 0 Å². The maximum atomic E-state index is 12.5. The van der Waals surface area contributed by atoms with Crippen molar-refractivity contribution in [2.75, 3.05) is 0 Å². The van der Waals surface area contributed by atoms with Crippen LogP contribution in [0.15, 0.2) is 66.1 Å². The molecule has 0 radical (unpaired) electrons. The third-order valence-electron chi connectivity index (χ3n) is 4.32. The Hall–Kier alpha value is -2.65. The quantitative estimate of drug-likeness (QED) is 0.343. The molecule has 3 heteroatoms. The van der Waals surface area contributed by atoms with E-state index >= 15 is 0 Å². The third kappa shape index (κ3) is 2.47. The first-order valence-electron chi connectivity index (χ1n) is 8.05. The van der Waals surface area contributed by atoms with Crippen LogP contribution < -0.4 is 0 Å². The van der Waals surface area contributed by atoms with Crippen LogP contribution >= 0.6 is 11.3 Å². The summed E-state index contributed by atoms with van der Waals surface area (Å²) in [6.45, 7) is 3.06. The third-order valence-corrected chi connectivity index (χ3v) is 5.15. The van der Waals surface area contributed by atoms with Crippen molar-refractivity contribution in [1.29, 1.82) is 0 Å². The van der Waals surface area contributed by atoms with Gasteiger partial charge in [0.2, 0.25) is 0 Å². The Morgan fingerprint density at radius 3 is 2.67 bits per heavy atom. The fourth-order valence-corrected chi connectivity index (χ4v) is 3.81. The van der Waals surface area contributed by atoms with Gasteiger partial charge in [0.25, 0.3) is 0 Å². The highest BCUT2D eigenvalue weighted by Gasteiger charge is 2.11. The van der Waals surface area contributed by atoms with Gasteiger partial charge in [-0.15, -0.1) is 11.3 Å². The lowest BCUT2D eigenvalue weighted by Crippen LogP contribution is -1.95. The van der Waals surface area contributed by atoms with Gasteiger partial charge in [0, 0.05) is 38.8 Å². The van der Waals surface area contributed by atoms with Crippen molar-refractivity contribution in [3.63, 3.8) is 0 Å². The molecule has 4 aromatic rings. The summed E-state index contributed by atoms with van der Waals surface area (Å²) >= 11 is 1.63. The fourth-order valence-electron chi connectivity index (χ4n) is 3.19. The topological polar surface area (TPSA) is 22.0 Å². The zero-order valence-corrected chi connectivity index (χ0v) is 14.2. The molecule has 0 aliphatic heterocycles. The SMILES string of the molecule is CCn1c2ccccc2c2cc(C(=O)C=Cc3cccs3)ccc21. The Morgan fingerprint density at radius 1 is 1.04 bits per heavy atom. The van der Waals surface area contributed by atoms with Crippen LogP contribution in [0.5, 0.6) is 0 Å². The van der Waals surface area contributed by atoms with Gasteiger partial charge in [0.15, 0.2) is 5.78 Å². The van der Waals surface area contributed by atoms with Crippen molar-refractivity contribution in [2.24, 2.45) is 0 Å². The first kappa shape index (κ1) is 14.9. The maximum absolute atomic E-state index is 12.5. The Balaban J connectivity index is 1.81. The molecule has 24 heavy (non-hydrogen) atoms. The van der Waals surface area contributed by atoms with E-state index in [1.165, 1.54) is 16.4 Å². The van der Waals surface area contributed by atoms with E-state index in [1.807, 2.05) is 41.8 Å². The van der Waals surface area contributed by atoms with Gasteiger partial charge in [-0.2, -0.15) is 0 Å². The van der Waals surface area contributed by atoms with E-state index in [-0.39, 0.29) is 5.78 Å². The minimum absolute atomic E-state index is 0.0404. The molecular formula is C21H17NOS. The summed E-state index contributed by atoms with van der Waals surface area (Å²) in [4.78, 5) is 13.6. The molecule has 0 aliphatic rings. The summed E-state index contributed by atoms with van der Waals surface area (Å²) in [5.41, 5.74) is 3.13. The molecule has 0 spiro atoms. The Bertz CT molecular complexity index is 1050. The highest BCUT2D eigenvalue weighted by atomic mass is 32.1. The lowest BCUT2D eigenvalue weighted by molar-refractivity contribution is 0.104. The van der Waals surface area contributed by atoms with Gasteiger partial charge in [0.05, 0.1) is 0 Å². The number of ketones is 1. The van der Waals surface area contributed by atoms with E-state index in [0.717, 1.165) is 22.4 Å². The average Bonchev–Trinajstić information content (AvgIpc) is 3.25. The molecule has 2 heterocycles. The molecule has 0 N–H and O–H groups in total. The number of allylic oxidation sites excluding steroid dienone is 1. The number of aromatic nitrogens is 1. The second-order valence-corrected chi connectivity index (χ2v) is 6.69. The lowest BCUT2D eigenvalue weighted by atomic mass is 10.1. The molecule has 0 unspecified atom stereocenters. The molecule has 0 saturated carbocycles. The molecule has 0 aliphatic carbocycles. The number of aryl methyl sites for hydroxylation is 1. The highest BCUT2D eigenvalue weighted by Crippen LogP contribution is 2.29. The molecule has 118 valence electrons. The molecule has 2 aromatic carbocycles. The summed E-state index contributed by atoms with van der Waals surface area (Å²) in [7, 11) is 0. The van der Waals surface area contributed by atoms with Crippen molar-refractivity contribution in [3.05, 3.63) is 76.5 Å². The first-order chi connectivity index (χ1) is 11.8. The number of carbonyl (C=O) groups excluding carboxylic acids is 1. The lowest BCUT2D eigenvalue weighted by Gasteiger charge is -2.03. The molecule has 0 atom stereocenters. The number of benzene rings is 2. The molecule has 2 nitrogen and oxygen atoms in total. The smallest absolute Gasteiger partial charge is 0.185 e. The number of hydrogen-bond acceptors (Lipinski definition) is 2. The van der Waals surface area contributed by atoms with Crippen LogP contribution in [0, 0.1) is 0 Å². The number of carbonyl (C=O) groups is 1. The number of para-hydroxylation sites is 1. The Kier molecular flexibility index (Phi) is 3.79. The summed E-state index contributed by atoms with van der Waals surface area (Å²) in [5, 5.41) is 4.35. The Labute approximate surface area is 144 Å².